The molecule has 0 fully saturated rings. The first-order valence-corrected chi connectivity index (χ1v) is 6.60. The van der Waals surface area contributed by atoms with Gasteiger partial charge in [0.05, 0.1) is 18.3 Å². The number of benzene rings is 1. The maximum atomic E-state index is 9.39. The van der Waals surface area contributed by atoms with Gasteiger partial charge in [0.25, 0.3) is 0 Å². The van der Waals surface area contributed by atoms with Crippen LogP contribution < -0.4 is 0 Å². The number of hydrogen-bond acceptors (Lipinski definition) is 2. The number of aliphatic hydroxyl groups is 1. The average molecular weight is 263 g/mol. The molecule has 0 saturated heterocycles. The van der Waals surface area contributed by atoms with Gasteiger partial charge in [0.1, 0.15) is 5.82 Å². The Morgan fingerprint density at radius 1 is 1.33 bits per heavy atom. The summed E-state index contributed by atoms with van der Waals surface area (Å²) in [7, 11) is 0. The summed E-state index contributed by atoms with van der Waals surface area (Å²) in [5, 5.41) is 10.1. The predicted octanol–water partition coefficient (Wildman–Crippen LogP) is 3.07. The van der Waals surface area contributed by atoms with Crippen molar-refractivity contribution >= 4 is 11.6 Å². The number of nitrogens with zero attached hydrogens (tertiary/aromatic N) is 2. The summed E-state index contributed by atoms with van der Waals surface area (Å²) in [5.41, 5.74) is 2.03. The monoisotopic (exact) mass is 262 g/mol. The highest BCUT2D eigenvalue weighted by molar-refractivity contribution is 6.30. The van der Waals surface area contributed by atoms with Crippen molar-refractivity contribution in [2.45, 2.75) is 25.3 Å². The number of hydrogen-bond donors (Lipinski definition) is 1. The van der Waals surface area contributed by atoms with Crippen molar-refractivity contribution in [2.24, 2.45) is 0 Å². The van der Waals surface area contributed by atoms with Crippen LogP contribution in [0.3, 0.4) is 0 Å². The minimum atomic E-state index is 0.183. The van der Waals surface area contributed by atoms with Crippen LogP contribution in [0.2, 0.25) is 5.02 Å². The van der Waals surface area contributed by atoms with Gasteiger partial charge in [-0.2, -0.15) is 0 Å². The molecule has 0 amide bonds. The quantitative estimate of drug-likeness (QED) is 0.903. The second-order valence-corrected chi connectivity index (χ2v) is 5.12. The third kappa shape index (κ3) is 2.04. The van der Waals surface area contributed by atoms with E-state index in [1.165, 1.54) is 0 Å². The minimum Gasteiger partial charge on any atom is -0.394 e. The van der Waals surface area contributed by atoms with Crippen LogP contribution in [0.25, 0.3) is 11.3 Å². The van der Waals surface area contributed by atoms with Crippen LogP contribution in [-0.4, -0.2) is 21.3 Å². The summed E-state index contributed by atoms with van der Waals surface area (Å²) in [6, 6.07) is 7.88. The van der Waals surface area contributed by atoms with Gasteiger partial charge in [-0.15, -0.1) is 0 Å². The normalized spacial score (nSPS) is 18.7. The van der Waals surface area contributed by atoms with Gasteiger partial charge in [-0.1, -0.05) is 23.7 Å². The molecule has 0 spiro atoms. The predicted molar refractivity (Wildman–Crippen MR) is 71.7 cm³/mol. The summed E-state index contributed by atoms with van der Waals surface area (Å²) >= 11 is 5.89. The molecule has 1 N–H and O–H groups in total. The first-order valence-electron chi connectivity index (χ1n) is 6.22. The van der Waals surface area contributed by atoms with Crippen LogP contribution in [0.4, 0.5) is 0 Å². The third-order valence-corrected chi connectivity index (χ3v) is 3.74. The van der Waals surface area contributed by atoms with Gasteiger partial charge in [0.15, 0.2) is 0 Å². The van der Waals surface area contributed by atoms with E-state index >= 15 is 0 Å². The van der Waals surface area contributed by atoms with E-state index in [0.29, 0.717) is 0 Å². The van der Waals surface area contributed by atoms with Crippen molar-refractivity contribution in [3.05, 3.63) is 41.3 Å². The van der Waals surface area contributed by atoms with Gasteiger partial charge in [-0.3, -0.25) is 0 Å². The number of imidazole rings is 1. The van der Waals surface area contributed by atoms with E-state index < -0.39 is 0 Å². The zero-order valence-corrected chi connectivity index (χ0v) is 10.8. The van der Waals surface area contributed by atoms with E-state index in [4.69, 9.17) is 11.6 Å². The molecule has 1 atom stereocenters. The van der Waals surface area contributed by atoms with Crippen LogP contribution >= 0.6 is 11.6 Å². The van der Waals surface area contributed by atoms with Crippen LogP contribution in [0.1, 0.15) is 24.7 Å². The van der Waals surface area contributed by atoms with E-state index in [1.807, 2.05) is 30.5 Å². The molecule has 2 heterocycles. The fourth-order valence-corrected chi connectivity index (χ4v) is 2.63. The number of rotatable bonds is 2. The lowest BCUT2D eigenvalue weighted by molar-refractivity contribution is 0.206. The van der Waals surface area contributed by atoms with E-state index in [0.717, 1.165) is 41.4 Å². The molecule has 1 unspecified atom stereocenters. The molecule has 2 aromatic rings. The minimum absolute atomic E-state index is 0.183. The van der Waals surface area contributed by atoms with Crippen LogP contribution in [0, 0.1) is 0 Å². The molecule has 4 heteroatoms. The lowest BCUT2D eigenvalue weighted by Crippen LogP contribution is -2.20. The largest absolute Gasteiger partial charge is 0.394 e. The molecule has 0 bridgehead atoms. The molecule has 1 aromatic heterocycles. The van der Waals surface area contributed by atoms with E-state index in [-0.39, 0.29) is 12.6 Å². The zero-order chi connectivity index (χ0) is 12.5. The van der Waals surface area contributed by atoms with Crippen molar-refractivity contribution in [1.82, 2.24) is 9.55 Å². The molecule has 1 aromatic carbocycles. The van der Waals surface area contributed by atoms with Crippen molar-refractivity contribution in [1.29, 1.82) is 0 Å². The molecule has 3 rings (SSSR count). The third-order valence-electron chi connectivity index (χ3n) is 3.49. The summed E-state index contributed by atoms with van der Waals surface area (Å²) in [6.45, 7) is 0.184. The second-order valence-electron chi connectivity index (χ2n) is 4.69. The number of fused-ring (bicyclic) bond motifs is 1. The topological polar surface area (TPSA) is 38.1 Å². The van der Waals surface area contributed by atoms with Gasteiger partial charge < -0.3 is 9.67 Å². The molecule has 0 radical (unpaired) electrons. The van der Waals surface area contributed by atoms with E-state index in [1.54, 1.807) is 0 Å². The molecule has 1 aliphatic rings. The van der Waals surface area contributed by atoms with Gasteiger partial charge in [-0.05, 0) is 25.0 Å². The standard InChI is InChI=1S/C14H15ClN2O/c15-11-6-4-10(5-7-11)13-8-17-12(9-18)2-1-3-14(17)16-13/h4-8,12,18H,1-3,9H2. The second kappa shape index (κ2) is 4.75. The number of aromatic nitrogens is 2. The number of halogens is 1. The van der Waals surface area contributed by atoms with Gasteiger partial charge in [0.2, 0.25) is 0 Å². The zero-order valence-electron chi connectivity index (χ0n) is 10.0. The van der Waals surface area contributed by atoms with Crippen molar-refractivity contribution in [3.63, 3.8) is 0 Å². The Labute approximate surface area is 111 Å². The van der Waals surface area contributed by atoms with Crippen molar-refractivity contribution in [3.8, 4) is 11.3 Å². The number of aliphatic hydroxyl groups excluding tert-OH is 1. The Balaban J connectivity index is 1.99. The highest BCUT2D eigenvalue weighted by atomic mass is 35.5. The lowest BCUT2D eigenvalue weighted by Gasteiger charge is -2.22. The van der Waals surface area contributed by atoms with Crippen LogP contribution in [0.15, 0.2) is 30.5 Å². The molecule has 94 valence electrons. The maximum absolute atomic E-state index is 9.39. The van der Waals surface area contributed by atoms with Crippen molar-refractivity contribution in [2.75, 3.05) is 6.61 Å². The summed E-state index contributed by atoms with van der Waals surface area (Å²) in [5.74, 6) is 1.07. The Bertz CT molecular complexity index is 547. The Morgan fingerprint density at radius 2 is 2.11 bits per heavy atom. The first-order chi connectivity index (χ1) is 8.78. The van der Waals surface area contributed by atoms with Crippen LogP contribution in [0.5, 0.6) is 0 Å². The molecule has 3 nitrogen and oxygen atoms in total. The SMILES string of the molecule is OCC1CCCc2nc(-c3ccc(Cl)cc3)cn21. The molecule has 0 saturated carbocycles. The van der Waals surface area contributed by atoms with Gasteiger partial charge in [-0.25, -0.2) is 4.98 Å². The van der Waals surface area contributed by atoms with Gasteiger partial charge in [0, 0.05) is 23.2 Å². The Hall–Kier alpha value is -1.32. The highest BCUT2D eigenvalue weighted by Crippen LogP contribution is 2.28. The summed E-state index contributed by atoms with van der Waals surface area (Å²) in [6.07, 6.45) is 5.16. The Kier molecular flexibility index (Phi) is 3.10. The number of aryl methyl sites for hydroxylation is 1. The molecule has 0 aliphatic carbocycles. The molecular weight excluding hydrogens is 248 g/mol. The van der Waals surface area contributed by atoms with Crippen LogP contribution in [-0.2, 0) is 6.42 Å². The first kappa shape index (κ1) is 11.8. The molecular formula is C14H15ClN2O. The van der Waals surface area contributed by atoms with E-state index in [9.17, 15) is 5.11 Å². The smallest absolute Gasteiger partial charge is 0.109 e. The Morgan fingerprint density at radius 3 is 2.83 bits per heavy atom. The molecule has 18 heavy (non-hydrogen) atoms. The molecule has 1 aliphatic heterocycles. The average Bonchev–Trinajstić information content (AvgIpc) is 2.83. The highest BCUT2D eigenvalue weighted by Gasteiger charge is 2.21. The fraction of sp³-hybridized carbons (Fsp3) is 0.357. The summed E-state index contributed by atoms with van der Waals surface area (Å²) < 4.78 is 2.12. The maximum Gasteiger partial charge on any atom is 0.109 e. The summed E-state index contributed by atoms with van der Waals surface area (Å²) in [4.78, 5) is 4.66. The lowest BCUT2D eigenvalue weighted by atomic mass is 10.1. The van der Waals surface area contributed by atoms with Gasteiger partial charge >= 0.3 is 0 Å². The fourth-order valence-electron chi connectivity index (χ4n) is 2.51. The van der Waals surface area contributed by atoms with Crippen molar-refractivity contribution < 1.29 is 5.11 Å². The van der Waals surface area contributed by atoms with E-state index in [2.05, 4.69) is 9.55 Å².